The van der Waals surface area contributed by atoms with Crippen LogP contribution < -0.4 is 5.32 Å². The van der Waals surface area contributed by atoms with Crippen molar-refractivity contribution >= 4 is 11.9 Å². The predicted molar refractivity (Wildman–Crippen MR) is 54.2 cm³/mol. The first-order valence-corrected chi connectivity index (χ1v) is 5.55. The van der Waals surface area contributed by atoms with Gasteiger partial charge in [-0.15, -0.1) is 0 Å². The number of carboxylic acid groups (broad SMARTS) is 1. The Morgan fingerprint density at radius 1 is 1.27 bits per heavy atom. The lowest BCUT2D eigenvalue weighted by atomic mass is 10.0. The van der Waals surface area contributed by atoms with E-state index in [9.17, 15) is 9.59 Å². The van der Waals surface area contributed by atoms with Crippen LogP contribution in [0.15, 0.2) is 0 Å². The monoisotopic (exact) mass is 211 g/mol. The SMILES string of the molecule is CC1(NC(=O)[C@@H]2CC[C@H](C(=O)O)C2)CC1. The molecule has 4 nitrogen and oxygen atoms in total. The van der Waals surface area contributed by atoms with Crippen molar-refractivity contribution in [2.24, 2.45) is 11.8 Å². The maximum Gasteiger partial charge on any atom is 0.306 e. The molecular weight excluding hydrogens is 194 g/mol. The molecule has 0 spiro atoms. The highest BCUT2D eigenvalue weighted by Crippen LogP contribution is 2.37. The number of hydrogen-bond donors (Lipinski definition) is 2. The van der Waals surface area contributed by atoms with Crippen LogP contribution in [-0.4, -0.2) is 22.5 Å². The third-order valence-corrected chi connectivity index (χ3v) is 3.58. The molecule has 0 aromatic carbocycles. The molecule has 0 aromatic heterocycles. The highest BCUT2D eigenvalue weighted by Gasteiger charge is 2.42. The van der Waals surface area contributed by atoms with E-state index in [1.54, 1.807) is 0 Å². The molecule has 2 atom stereocenters. The van der Waals surface area contributed by atoms with Gasteiger partial charge in [-0.1, -0.05) is 0 Å². The van der Waals surface area contributed by atoms with E-state index in [4.69, 9.17) is 5.11 Å². The first-order valence-electron chi connectivity index (χ1n) is 5.55. The van der Waals surface area contributed by atoms with Crippen LogP contribution in [-0.2, 0) is 9.59 Å². The molecule has 0 radical (unpaired) electrons. The smallest absolute Gasteiger partial charge is 0.306 e. The first kappa shape index (κ1) is 10.5. The molecule has 2 fully saturated rings. The molecule has 84 valence electrons. The van der Waals surface area contributed by atoms with Gasteiger partial charge in [-0.2, -0.15) is 0 Å². The van der Waals surface area contributed by atoms with Crippen LogP contribution in [0.25, 0.3) is 0 Å². The fraction of sp³-hybridized carbons (Fsp3) is 0.818. The zero-order chi connectivity index (χ0) is 11.1. The predicted octanol–water partition coefficient (Wildman–Crippen LogP) is 1.16. The maximum atomic E-state index is 11.8. The maximum absolute atomic E-state index is 11.8. The third kappa shape index (κ3) is 2.30. The summed E-state index contributed by atoms with van der Waals surface area (Å²) in [6.45, 7) is 2.04. The Morgan fingerprint density at radius 3 is 2.33 bits per heavy atom. The summed E-state index contributed by atoms with van der Waals surface area (Å²) in [5.74, 6) is -1.10. The minimum absolute atomic E-state index is 0.0123. The summed E-state index contributed by atoms with van der Waals surface area (Å²) >= 11 is 0. The van der Waals surface area contributed by atoms with Gasteiger partial charge in [0.1, 0.15) is 0 Å². The molecule has 2 aliphatic rings. The molecule has 0 bridgehead atoms. The summed E-state index contributed by atoms with van der Waals surface area (Å²) in [5, 5.41) is 11.8. The van der Waals surface area contributed by atoms with E-state index < -0.39 is 5.97 Å². The highest BCUT2D eigenvalue weighted by molar-refractivity contribution is 5.81. The largest absolute Gasteiger partial charge is 0.481 e. The second-order valence-electron chi connectivity index (χ2n) is 5.10. The lowest BCUT2D eigenvalue weighted by Gasteiger charge is -2.15. The quantitative estimate of drug-likeness (QED) is 0.736. The molecule has 2 N–H and O–H groups in total. The van der Waals surface area contributed by atoms with Crippen molar-refractivity contribution in [1.82, 2.24) is 5.32 Å². The van der Waals surface area contributed by atoms with Gasteiger partial charge < -0.3 is 10.4 Å². The van der Waals surface area contributed by atoms with Gasteiger partial charge in [-0.25, -0.2) is 0 Å². The molecular formula is C11H17NO3. The second-order valence-corrected chi connectivity index (χ2v) is 5.10. The Kier molecular flexibility index (Phi) is 2.44. The summed E-state index contributed by atoms with van der Waals surface area (Å²) < 4.78 is 0. The summed E-state index contributed by atoms with van der Waals surface area (Å²) in [5.41, 5.74) is 0.0123. The van der Waals surface area contributed by atoms with Crippen molar-refractivity contribution in [1.29, 1.82) is 0 Å². The fourth-order valence-electron chi connectivity index (χ4n) is 2.16. The molecule has 0 saturated heterocycles. The van der Waals surface area contributed by atoms with Crippen LogP contribution >= 0.6 is 0 Å². The number of aliphatic carboxylic acids is 1. The molecule has 4 heteroatoms. The van der Waals surface area contributed by atoms with Gasteiger partial charge in [-0.05, 0) is 39.0 Å². The van der Waals surface area contributed by atoms with E-state index in [0.717, 1.165) is 19.3 Å². The molecule has 2 rings (SSSR count). The molecule has 2 saturated carbocycles. The summed E-state index contributed by atoms with van der Waals surface area (Å²) in [6.07, 6.45) is 3.97. The molecule has 1 amide bonds. The Balaban J connectivity index is 1.85. The Bertz CT molecular complexity index is 296. The van der Waals surface area contributed by atoms with Crippen LogP contribution in [0.5, 0.6) is 0 Å². The fourth-order valence-corrected chi connectivity index (χ4v) is 2.16. The van der Waals surface area contributed by atoms with Crippen molar-refractivity contribution < 1.29 is 14.7 Å². The highest BCUT2D eigenvalue weighted by atomic mass is 16.4. The number of hydrogen-bond acceptors (Lipinski definition) is 2. The van der Waals surface area contributed by atoms with E-state index in [1.807, 2.05) is 6.92 Å². The van der Waals surface area contributed by atoms with Gasteiger partial charge in [0.05, 0.1) is 5.92 Å². The summed E-state index contributed by atoms with van der Waals surface area (Å²) in [4.78, 5) is 22.5. The number of carboxylic acids is 1. The normalized spacial score (nSPS) is 32.3. The van der Waals surface area contributed by atoms with Crippen LogP contribution in [0.4, 0.5) is 0 Å². The topological polar surface area (TPSA) is 66.4 Å². The van der Waals surface area contributed by atoms with Crippen LogP contribution in [0.3, 0.4) is 0 Å². The second kappa shape index (κ2) is 3.51. The lowest BCUT2D eigenvalue weighted by Crippen LogP contribution is -2.38. The molecule has 0 aliphatic heterocycles. The van der Waals surface area contributed by atoms with Crippen LogP contribution in [0.2, 0.25) is 0 Å². The Hall–Kier alpha value is -1.06. The zero-order valence-electron chi connectivity index (χ0n) is 8.95. The van der Waals surface area contributed by atoms with E-state index in [0.29, 0.717) is 12.8 Å². The third-order valence-electron chi connectivity index (χ3n) is 3.58. The molecule has 2 aliphatic carbocycles. The van der Waals surface area contributed by atoms with E-state index in [2.05, 4.69) is 5.32 Å². The van der Waals surface area contributed by atoms with Crippen LogP contribution in [0.1, 0.15) is 39.0 Å². The first-order chi connectivity index (χ1) is 7.00. The molecule has 0 aromatic rings. The summed E-state index contributed by atoms with van der Waals surface area (Å²) in [6, 6.07) is 0. The Labute approximate surface area is 89.0 Å². The van der Waals surface area contributed by atoms with Crippen molar-refractivity contribution in [3.63, 3.8) is 0 Å². The average Bonchev–Trinajstić information content (AvgIpc) is 2.70. The van der Waals surface area contributed by atoms with Gasteiger partial charge >= 0.3 is 5.97 Å². The molecule has 0 unspecified atom stereocenters. The van der Waals surface area contributed by atoms with Crippen molar-refractivity contribution in [2.45, 2.75) is 44.6 Å². The number of carbonyl (C=O) groups excluding carboxylic acids is 1. The minimum Gasteiger partial charge on any atom is -0.481 e. The standard InChI is InChI=1S/C11H17NO3/c1-11(4-5-11)12-9(13)7-2-3-8(6-7)10(14)15/h7-8H,2-6H2,1H3,(H,12,13)(H,14,15)/t7-,8+/m1/s1. The van der Waals surface area contributed by atoms with Gasteiger partial charge in [0, 0.05) is 11.5 Å². The molecule has 0 heterocycles. The van der Waals surface area contributed by atoms with Gasteiger partial charge in [0.2, 0.25) is 5.91 Å². The van der Waals surface area contributed by atoms with Gasteiger partial charge in [0.15, 0.2) is 0 Å². The van der Waals surface area contributed by atoms with Crippen molar-refractivity contribution in [3.05, 3.63) is 0 Å². The van der Waals surface area contributed by atoms with Crippen molar-refractivity contribution in [3.8, 4) is 0 Å². The minimum atomic E-state index is -0.761. The van der Waals surface area contributed by atoms with Gasteiger partial charge in [0.25, 0.3) is 0 Å². The molecule has 15 heavy (non-hydrogen) atoms. The number of amides is 1. The zero-order valence-corrected chi connectivity index (χ0v) is 8.95. The number of rotatable bonds is 3. The van der Waals surface area contributed by atoms with Crippen LogP contribution in [0, 0.1) is 11.8 Å². The number of carbonyl (C=O) groups is 2. The summed E-state index contributed by atoms with van der Waals surface area (Å²) in [7, 11) is 0. The van der Waals surface area contributed by atoms with Gasteiger partial charge in [-0.3, -0.25) is 9.59 Å². The average molecular weight is 211 g/mol. The van der Waals surface area contributed by atoms with Crippen molar-refractivity contribution in [2.75, 3.05) is 0 Å². The lowest BCUT2D eigenvalue weighted by molar-refractivity contribution is -0.141. The van der Waals surface area contributed by atoms with E-state index in [1.165, 1.54) is 0 Å². The number of nitrogens with one attached hydrogen (secondary N) is 1. The van der Waals surface area contributed by atoms with E-state index in [-0.39, 0.29) is 23.3 Å². The Morgan fingerprint density at radius 2 is 1.87 bits per heavy atom. The van der Waals surface area contributed by atoms with E-state index >= 15 is 0 Å².